The van der Waals surface area contributed by atoms with Gasteiger partial charge in [0.15, 0.2) is 0 Å². The number of nitrogens with zero attached hydrogens (tertiary/aromatic N) is 3. The second-order valence-corrected chi connectivity index (χ2v) is 6.90. The monoisotopic (exact) mass is 326 g/mol. The summed E-state index contributed by atoms with van der Waals surface area (Å²) in [6.07, 6.45) is 3.06. The van der Waals surface area contributed by atoms with Gasteiger partial charge >= 0.3 is 6.03 Å². The SMILES string of the molecule is CCc1nc(CN(C)C(=O)NCCCCN(C)C(C)C)cs1. The van der Waals surface area contributed by atoms with Gasteiger partial charge < -0.3 is 15.1 Å². The molecule has 0 aliphatic heterocycles. The van der Waals surface area contributed by atoms with Gasteiger partial charge in [-0.1, -0.05) is 6.92 Å². The van der Waals surface area contributed by atoms with Crippen LogP contribution in [0.25, 0.3) is 0 Å². The number of nitrogens with one attached hydrogen (secondary N) is 1. The van der Waals surface area contributed by atoms with Gasteiger partial charge in [-0.3, -0.25) is 0 Å². The Hall–Kier alpha value is -1.14. The quantitative estimate of drug-likeness (QED) is 0.710. The van der Waals surface area contributed by atoms with E-state index in [2.05, 4.69) is 43.0 Å². The van der Waals surface area contributed by atoms with Crippen molar-refractivity contribution < 1.29 is 4.79 Å². The molecular formula is C16H30N4OS. The van der Waals surface area contributed by atoms with E-state index in [-0.39, 0.29) is 6.03 Å². The lowest BCUT2D eigenvalue weighted by Gasteiger charge is -2.21. The van der Waals surface area contributed by atoms with Crippen LogP contribution in [0.1, 0.15) is 44.3 Å². The van der Waals surface area contributed by atoms with Crippen LogP contribution < -0.4 is 5.32 Å². The second-order valence-electron chi connectivity index (χ2n) is 5.96. The molecule has 1 heterocycles. The van der Waals surface area contributed by atoms with E-state index in [1.165, 1.54) is 0 Å². The molecule has 0 saturated carbocycles. The number of aryl methyl sites for hydroxylation is 1. The smallest absolute Gasteiger partial charge is 0.317 e. The Morgan fingerprint density at radius 2 is 2.09 bits per heavy atom. The van der Waals surface area contributed by atoms with Crippen molar-refractivity contribution >= 4 is 17.4 Å². The maximum absolute atomic E-state index is 12.0. The molecule has 0 aliphatic carbocycles. The van der Waals surface area contributed by atoms with Gasteiger partial charge in [0.25, 0.3) is 0 Å². The average Bonchev–Trinajstić information content (AvgIpc) is 2.93. The molecule has 126 valence electrons. The summed E-state index contributed by atoms with van der Waals surface area (Å²) in [6, 6.07) is 0.551. The molecule has 0 spiro atoms. The number of aromatic nitrogens is 1. The molecule has 0 fully saturated rings. The van der Waals surface area contributed by atoms with E-state index >= 15 is 0 Å². The predicted molar refractivity (Wildman–Crippen MR) is 93.4 cm³/mol. The minimum absolute atomic E-state index is 0.0248. The van der Waals surface area contributed by atoms with Crippen LogP contribution in [0.3, 0.4) is 0 Å². The van der Waals surface area contributed by atoms with Crippen molar-refractivity contribution in [2.75, 3.05) is 27.2 Å². The Labute approximate surface area is 138 Å². The van der Waals surface area contributed by atoms with Gasteiger partial charge in [0.1, 0.15) is 0 Å². The molecule has 1 aromatic rings. The van der Waals surface area contributed by atoms with Crippen molar-refractivity contribution in [2.24, 2.45) is 0 Å². The fourth-order valence-electron chi connectivity index (χ4n) is 1.97. The molecule has 2 amide bonds. The van der Waals surface area contributed by atoms with Crippen LogP contribution in [0.4, 0.5) is 4.79 Å². The second kappa shape index (κ2) is 9.79. The summed E-state index contributed by atoms with van der Waals surface area (Å²) < 4.78 is 0. The van der Waals surface area contributed by atoms with Gasteiger partial charge in [-0.15, -0.1) is 11.3 Å². The fraction of sp³-hybridized carbons (Fsp3) is 0.750. The highest BCUT2D eigenvalue weighted by Crippen LogP contribution is 2.11. The van der Waals surface area contributed by atoms with Gasteiger partial charge in [0, 0.05) is 25.0 Å². The first kappa shape index (κ1) is 18.9. The lowest BCUT2D eigenvalue weighted by atomic mass is 10.2. The number of hydrogen-bond donors (Lipinski definition) is 1. The molecule has 0 unspecified atom stereocenters. The molecule has 0 radical (unpaired) electrons. The first-order valence-electron chi connectivity index (χ1n) is 8.06. The molecule has 1 aromatic heterocycles. The number of unbranched alkanes of at least 4 members (excludes halogenated alkanes) is 1. The minimum atomic E-state index is -0.0248. The van der Waals surface area contributed by atoms with Crippen LogP contribution in [0, 0.1) is 0 Å². The molecule has 22 heavy (non-hydrogen) atoms. The number of rotatable bonds is 9. The van der Waals surface area contributed by atoms with Crippen LogP contribution in [0.5, 0.6) is 0 Å². The normalized spacial score (nSPS) is 11.2. The molecule has 0 aromatic carbocycles. The molecule has 1 rings (SSSR count). The van der Waals surface area contributed by atoms with Crippen LogP contribution in [0.15, 0.2) is 5.38 Å². The van der Waals surface area contributed by atoms with E-state index in [1.807, 2.05) is 12.4 Å². The van der Waals surface area contributed by atoms with Crippen molar-refractivity contribution in [3.8, 4) is 0 Å². The number of thiazole rings is 1. The van der Waals surface area contributed by atoms with Crippen molar-refractivity contribution in [1.29, 1.82) is 0 Å². The van der Waals surface area contributed by atoms with E-state index in [1.54, 1.807) is 16.2 Å². The molecule has 6 heteroatoms. The first-order valence-corrected chi connectivity index (χ1v) is 8.94. The van der Waals surface area contributed by atoms with Crippen LogP contribution >= 0.6 is 11.3 Å². The zero-order chi connectivity index (χ0) is 16.5. The lowest BCUT2D eigenvalue weighted by Crippen LogP contribution is -2.37. The highest BCUT2D eigenvalue weighted by atomic mass is 32.1. The van der Waals surface area contributed by atoms with Crippen LogP contribution in [-0.2, 0) is 13.0 Å². The summed E-state index contributed by atoms with van der Waals surface area (Å²) in [5.74, 6) is 0. The Kier molecular flexibility index (Phi) is 8.42. The van der Waals surface area contributed by atoms with Gasteiger partial charge in [0.05, 0.1) is 17.2 Å². The number of carbonyl (C=O) groups excluding carboxylic acids is 1. The van der Waals surface area contributed by atoms with E-state index in [4.69, 9.17) is 0 Å². The average molecular weight is 327 g/mol. The highest BCUT2D eigenvalue weighted by molar-refractivity contribution is 7.09. The molecule has 5 nitrogen and oxygen atoms in total. The van der Waals surface area contributed by atoms with E-state index in [9.17, 15) is 4.79 Å². The van der Waals surface area contributed by atoms with E-state index in [0.717, 1.165) is 43.1 Å². The first-order chi connectivity index (χ1) is 10.4. The summed E-state index contributed by atoms with van der Waals surface area (Å²) in [5.41, 5.74) is 0.970. The standard InChI is InChI=1S/C16H30N4OS/c1-6-15-18-14(12-22-15)11-20(5)16(21)17-9-7-8-10-19(4)13(2)3/h12-13H,6-11H2,1-5H3,(H,17,21). The van der Waals surface area contributed by atoms with Gasteiger partial charge in [-0.05, 0) is 46.7 Å². The molecular weight excluding hydrogens is 296 g/mol. The summed E-state index contributed by atoms with van der Waals surface area (Å²) in [5, 5.41) is 6.13. The zero-order valence-corrected chi connectivity index (χ0v) is 15.4. The summed E-state index contributed by atoms with van der Waals surface area (Å²) >= 11 is 1.66. The van der Waals surface area contributed by atoms with Crippen molar-refractivity contribution in [2.45, 2.75) is 52.6 Å². The predicted octanol–water partition coefficient (Wildman–Crippen LogP) is 2.97. The number of hydrogen-bond acceptors (Lipinski definition) is 4. The van der Waals surface area contributed by atoms with Gasteiger partial charge in [-0.25, -0.2) is 9.78 Å². The summed E-state index contributed by atoms with van der Waals surface area (Å²) in [6.45, 7) is 8.85. The summed E-state index contributed by atoms with van der Waals surface area (Å²) in [4.78, 5) is 20.5. The van der Waals surface area contributed by atoms with Gasteiger partial charge in [0.2, 0.25) is 0 Å². The Balaban J connectivity index is 2.18. The Morgan fingerprint density at radius 1 is 1.36 bits per heavy atom. The number of carbonyl (C=O) groups is 1. The number of urea groups is 1. The maximum atomic E-state index is 12.0. The third kappa shape index (κ3) is 6.75. The molecule has 0 bridgehead atoms. The molecule has 1 N–H and O–H groups in total. The molecule has 0 saturated heterocycles. The third-order valence-corrected chi connectivity index (χ3v) is 4.78. The van der Waals surface area contributed by atoms with Crippen molar-refractivity contribution in [3.63, 3.8) is 0 Å². The van der Waals surface area contributed by atoms with Gasteiger partial charge in [-0.2, -0.15) is 0 Å². The number of amides is 2. The molecule has 0 aliphatic rings. The minimum Gasteiger partial charge on any atom is -0.338 e. The highest BCUT2D eigenvalue weighted by Gasteiger charge is 2.10. The van der Waals surface area contributed by atoms with Crippen molar-refractivity contribution in [3.05, 3.63) is 16.1 Å². The van der Waals surface area contributed by atoms with Crippen LogP contribution in [-0.4, -0.2) is 54.0 Å². The third-order valence-electron chi connectivity index (χ3n) is 3.74. The van der Waals surface area contributed by atoms with Crippen molar-refractivity contribution in [1.82, 2.24) is 20.1 Å². The topological polar surface area (TPSA) is 48.5 Å². The Bertz CT molecular complexity index is 447. The summed E-state index contributed by atoms with van der Waals surface area (Å²) in [7, 11) is 3.95. The lowest BCUT2D eigenvalue weighted by molar-refractivity contribution is 0.205. The largest absolute Gasteiger partial charge is 0.338 e. The van der Waals surface area contributed by atoms with E-state index < -0.39 is 0 Å². The fourth-order valence-corrected chi connectivity index (χ4v) is 2.71. The van der Waals surface area contributed by atoms with Crippen LogP contribution in [0.2, 0.25) is 0 Å². The zero-order valence-electron chi connectivity index (χ0n) is 14.6. The molecule has 0 atom stereocenters. The maximum Gasteiger partial charge on any atom is 0.317 e. The van der Waals surface area contributed by atoms with E-state index in [0.29, 0.717) is 12.6 Å². The Morgan fingerprint density at radius 3 is 2.68 bits per heavy atom.